The van der Waals surface area contributed by atoms with Crippen molar-refractivity contribution in [2.45, 2.75) is 31.1 Å². The fourth-order valence-corrected chi connectivity index (χ4v) is 2.82. The molecule has 4 atom stereocenters. The summed E-state index contributed by atoms with van der Waals surface area (Å²) >= 11 is 0. The van der Waals surface area contributed by atoms with Crippen molar-refractivity contribution < 1.29 is 29.4 Å². The Bertz CT molecular complexity index is 346. The number of hydrogen-bond donors (Lipinski definition) is 6. The number of aliphatic hydroxyl groups excluding tert-OH is 2. The highest BCUT2D eigenvalue weighted by atomic mass is 31.2. The van der Waals surface area contributed by atoms with Gasteiger partial charge in [0.25, 0.3) is 0 Å². The highest BCUT2D eigenvalue weighted by molar-refractivity contribution is 7.51. The lowest BCUT2D eigenvalue weighted by Gasteiger charge is -2.17. The lowest BCUT2D eigenvalue weighted by molar-refractivity contribution is -0.121. The minimum atomic E-state index is -4.12. The second-order valence-corrected chi connectivity index (χ2v) is 6.31. The standard InChI is InChI=1S/C9H19N2O6P/c10-4-7(12)11-6-3-5(8(13)9(6)14)1-2-18(15,16)17/h5-6,8-9,13-14H,1-4,10H2,(H,11,12)(H2,15,16,17)/t5-,6+,8+,9-/m0/s1. The molecule has 1 saturated carbocycles. The lowest BCUT2D eigenvalue weighted by atomic mass is 10.0. The molecular formula is C9H19N2O6P. The molecule has 9 heteroatoms. The third-order valence-corrected chi connectivity index (χ3v) is 3.97. The molecule has 0 aromatic heterocycles. The molecule has 1 rings (SSSR count). The smallest absolute Gasteiger partial charge is 0.325 e. The fraction of sp³-hybridized carbons (Fsp3) is 0.889. The van der Waals surface area contributed by atoms with Gasteiger partial charge in [-0.1, -0.05) is 0 Å². The topological polar surface area (TPSA) is 153 Å². The second kappa shape index (κ2) is 6.10. The molecule has 1 aliphatic carbocycles. The molecule has 0 aromatic rings. The number of nitrogens with two attached hydrogens (primary N) is 1. The molecule has 0 heterocycles. The van der Waals surface area contributed by atoms with Crippen molar-refractivity contribution in [2.24, 2.45) is 11.7 Å². The van der Waals surface area contributed by atoms with Gasteiger partial charge in [0.15, 0.2) is 0 Å². The Balaban J connectivity index is 2.53. The van der Waals surface area contributed by atoms with E-state index in [1.807, 2.05) is 0 Å². The largest absolute Gasteiger partial charge is 0.390 e. The number of nitrogens with one attached hydrogen (secondary N) is 1. The Morgan fingerprint density at radius 1 is 1.33 bits per heavy atom. The van der Waals surface area contributed by atoms with Crippen LogP contribution in [0, 0.1) is 5.92 Å². The van der Waals surface area contributed by atoms with E-state index in [0.717, 1.165) is 0 Å². The molecule has 18 heavy (non-hydrogen) atoms. The molecular weight excluding hydrogens is 263 g/mol. The zero-order chi connectivity index (χ0) is 13.9. The molecule has 106 valence electrons. The monoisotopic (exact) mass is 282 g/mol. The predicted octanol–water partition coefficient (Wildman–Crippen LogP) is -2.26. The summed E-state index contributed by atoms with van der Waals surface area (Å²) in [6.07, 6.45) is -2.22. The summed E-state index contributed by atoms with van der Waals surface area (Å²) in [4.78, 5) is 28.6. The number of rotatable bonds is 5. The van der Waals surface area contributed by atoms with E-state index in [-0.39, 0.29) is 25.5 Å². The third-order valence-electron chi connectivity index (χ3n) is 3.12. The summed E-state index contributed by atoms with van der Waals surface area (Å²) in [5.41, 5.74) is 5.12. The molecule has 1 amide bonds. The molecule has 0 unspecified atom stereocenters. The zero-order valence-electron chi connectivity index (χ0n) is 9.77. The molecule has 1 fully saturated rings. The van der Waals surface area contributed by atoms with Crippen molar-refractivity contribution in [3.8, 4) is 0 Å². The number of hydrogen-bond acceptors (Lipinski definition) is 5. The third kappa shape index (κ3) is 4.31. The first kappa shape index (κ1) is 15.6. The summed E-state index contributed by atoms with van der Waals surface area (Å²) in [6, 6.07) is -0.627. The van der Waals surface area contributed by atoms with Crippen molar-refractivity contribution in [3.63, 3.8) is 0 Å². The van der Waals surface area contributed by atoms with Gasteiger partial charge < -0.3 is 31.1 Å². The van der Waals surface area contributed by atoms with Gasteiger partial charge in [0.05, 0.1) is 24.9 Å². The minimum absolute atomic E-state index is 0.0947. The van der Waals surface area contributed by atoms with Crippen molar-refractivity contribution in [3.05, 3.63) is 0 Å². The van der Waals surface area contributed by atoms with Crippen LogP contribution in [0.3, 0.4) is 0 Å². The van der Waals surface area contributed by atoms with Crippen molar-refractivity contribution in [2.75, 3.05) is 12.7 Å². The molecule has 0 spiro atoms. The van der Waals surface area contributed by atoms with E-state index < -0.39 is 37.7 Å². The van der Waals surface area contributed by atoms with Crippen LogP contribution in [0.5, 0.6) is 0 Å². The first-order valence-electron chi connectivity index (χ1n) is 5.64. The van der Waals surface area contributed by atoms with Crippen LogP contribution in [0.4, 0.5) is 0 Å². The van der Waals surface area contributed by atoms with Gasteiger partial charge in [-0.2, -0.15) is 0 Å². The molecule has 0 saturated heterocycles. The van der Waals surface area contributed by atoms with Gasteiger partial charge in [-0.15, -0.1) is 0 Å². The van der Waals surface area contributed by atoms with E-state index in [9.17, 15) is 19.6 Å². The van der Waals surface area contributed by atoms with Crippen molar-refractivity contribution >= 4 is 13.5 Å². The molecule has 1 aliphatic rings. The first-order valence-corrected chi connectivity index (χ1v) is 7.44. The highest BCUT2D eigenvalue weighted by Crippen LogP contribution is 2.39. The molecule has 0 radical (unpaired) electrons. The van der Waals surface area contributed by atoms with Gasteiger partial charge >= 0.3 is 7.60 Å². The van der Waals surface area contributed by atoms with Crippen LogP contribution in [-0.2, 0) is 9.36 Å². The van der Waals surface area contributed by atoms with Crippen LogP contribution >= 0.6 is 7.60 Å². The number of aliphatic hydroxyl groups is 2. The SMILES string of the molecule is NCC(=O)N[C@@H]1C[C@H](CCP(=O)(O)O)[C@@H](O)[C@H]1O. The van der Waals surface area contributed by atoms with E-state index in [1.165, 1.54) is 0 Å². The molecule has 0 bridgehead atoms. The first-order chi connectivity index (χ1) is 8.24. The molecule has 0 aromatic carbocycles. The van der Waals surface area contributed by atoms with Gasteiger partial charge in [0.2, 0.25) is 5.91 Å². The van der Waals surface area contributed by atoms with Crippen molar-refractivity contribution in [1.29, 1.82) is 0 Å². The fourth-order valence-electron chi connectivity index (χ4n) is 2.15. The van der Waals surface area contributed by atoms with Crippen LogP contribution in [0.1, 0.15) is 12.8 Å². The summed E-state index contributed by atoms with van der Waals surface area (Å²) in [6.45, 7) is -0.216. The Labute approximate surface area is 104 Å². The van der Waals surface area contributed by atoms with Crippen LogP contribution in [0.2, 0.25) is 0 Å². The Morgan fingerprint density at radius 3 is 2.44 bits per heavy atom. The summed E-state index contributed by atoms with van der Waals surface area (Å²) in [5.74, 6) is -0.891. The quantitative estimate of drug-likeness (QED) is 0.311. The van der Waals surface area contributed by atoms with E-state index >= 15 is 0 Å². The van der Waals surface area contributed by atoms with Crippen LogP contribution < -0.4 is 11.1 Å². The van der Waals surface area contributed by atoms with E-state index in [4.69, 9.17) is 15.5 Å². The second-order valence-electron chi connectivity index (χ2n) is 4.53. The van der Waals surface area contributed by atoms with Crippen LogP contribution in [0.15, 0.2) is 0 Å². The molecule has 8 nitrogen and oxygen atoms in total. The van der Waals surface area contributed by atoms with E-state index in [0.29, 0.717) is 0 Å². The van der Waals surface area contributed by atoms with Gasteiger partial charge in [0, 0.05) is 0 Å². The van der Waals surface area contributed by atoms with Gasteiger partial charge in [-0.25, -0.2) is 0 Å². The molecule has 7 N–H and O–H groups in total. The van der Waals surface area contributed by atoms with Gasteiger partial charge in [0.1, 0.15) is 6.10 Å². The van der Waals surface area contributed by atoms with E-state index in [2.05, 4.69) is 5.32 Å². The average molecular weight is 282 g/mol. The summed E-state index contributed by atoms with van der Waals surface area (Å²) in [7, 11) is -4.12. The van der Waals surface area contributed by atoms with Crippen molar-refractivity contribution in [1.82, 2.24) is 5.32 Å². The maximum Gasteiger partial charge on any atom is 0.325 e. The maximum absolute atomic E-state index is 11.1. The summed E-state index contributed by atoms with van der Waals surface area (Å²) < 4.78 is 10.7. The van der Waals surface area contributed by atoms with Crippen LogP contribution in [0.25, 0.3) is 0 Å². The number of amides is 1. The average Bonchev–Trinajstić information content (AvgIpc) is 2.53. The zero-order valence-corrected chi connectivity index (χ0v) is 10.7. The Kier molecular flexibility index (Phi) is 5.27. The number of carbonyl (C=O) groups excluding carboxylic acids is 1. The maximum atomic E-state index is 11.1. The Hall–Kier alpha value is -0.500. The predicted molar refractivity (Wildman–Crippen MR) is 62.6 cm³/mol. The van der Waals surface area contributed by atoms with Crippen LogP contribution in [-0.4, -0.2) is 56.9 Å². The lowest BCUT2D eigenvalue weighted by Crippen LogP contribution is -2.45. The van der Waals surface area contributed by atoms with Gasteiger partial charge in [-0.3, -0.25) is 9.36 Å². The molecule has 0 aliphatic heterocycles. The van der Waals surface area contributed by atoms with E-state index in [1.54, 1.807) is 0 Å². The minimum Gasteiger partial charge on any atom is -0.390 e. The number of carbonyl (C=O) groups is 1. The normalized spacial score (nSPS) is 32.5. The Morgan fingerprint density at radius 2 is 1.94 bits per heavy atom. The summed E-state index contributed by atoms with van der Waals surface area (Å²) in [5, 5.41) is 21.9. The highest BCUT2D eigenvalue weighted by Gasteiger charge is 2.42. The van der Waals surface area contributed by atoms with Gasteiger partial charge in [-0.05, 0) is 18.8 Å².